The number of nitrogens with zero attached hydrogens (tertiary/aromatic N) is 2. The third-order valence-electron chi connectivity index (χ3n) is 3.68. The number of carbonyl (C=O) groups is 2. The van der Waals surface area contributed by atoms with Crippen LogP contribution in [-0.4, -0.2) is 34.3 Å². The van der Waals surface area contributed by atoms with Gasteiger partial charge in [0.25, 0.3) is 5.56 Å². The van der Waals surface area contributed by atoms with Gasteiger partial charge >= 0.3 is 5.97 Å². The quantitative estimate of drug-likeness (QED) is 0.668. The Balaban J connectivity index is 1.79. The van der Waals surface area contributed by atoms with Crippen LogP contribution in [0.2, 0.25) is 0 Å². The normalized spacial score (nSPS) is 16.1. The molecule has 0 radical (unpaired) electrons. The Hall–Kier alpha value is -2.61. The van der Waals surface area contributed by atoms with Gasteiger partial charge in [0.05, 0.1) is 24.3 Å². The highest BCUT2D eigenvalue weighted by atomic mass is 32.2. The van der Waals surface area contributed by atoms with Crippen LogP contribution >= 0.6 is 11.8 Å². The number of fused-ring (bicyclic) bond motifs is 1. The summed E-state index contributed by atoms with van der Waals surface area (Å²) in [5.41, 5.74) is 0.500. The number of aromatic nitrogens is 2. The van der Waals surface area contributed by atoms with Gasteiger partial charge in [-0.3, -0.25) is 14.2 Å². The number of hydrogen-bond donors (Lipinski definition) is 1. The molecule has 1 N–H and O–H groups in total. The number of methoxy groups -OCH3 is 1. The molecule has 0 saturated carbocycles. The van der Waals surface area contributed by atoms with Gasteiger partial charge in [-0.05, 0) is 12.1 Å². The SMILES string of the molecule is COC(=O)c1ccccc1NC(=O)C1CSc2nccc(=O)n2C1. The number of carbonyl (C=O) groups excluding carboxylic acids is 2. The van der Waals surface area contributed by atoms with Crippen LogP contribution in [-0.2, 0) is 16.1 Å². The lowest BCUT2D eigenvalue weighted by Gasteiger charge is -2.24. The minimum absolute atomic E-state index is 0.181. The van der Waals surface area contributed by atoms with Crippen LogP contribution in [0.4, 0.5) is 5.69 Å². The lowest BCUT2D eigenvalue weighted by Crippen LogP contribution is -2.36. The van der Waals surface area contributed by atoms with Crippen molar-refractivity contribution in [1.82, 2.24) is 9.55 Å². The monoisotopic (exact) mass is 345 g/mol. The van der Waals surface area contributed by atoms with Crippen molar-refractivity contribution in [3.8, 4) is 0 Å². The Bertz CT molecular complexity index is 849. The second-order valence-electron chi connectivity index (χ2n) is 5.21. The van der Waals surface area contributed by atoms with Crippen molar-refractivity contribution in [3.63, 3.8) is 0 Å². The van der Waals surface area contributed by atoms with Crippen LogP contribution in [0.5, 0.6) is 0 Å². The van der Waals surface area contributed by atoms with E-state index in [0.717, 1.165) is 0 Å². The van der Waals surface area contributed by atoms with Crippen molar-refractivity contribution < 1.29 is 14.3 Å². The standard InChI is InChI=1S/C16H15N3O4S/c1-23-15(22)11-4-2-3-5-12(11)18-14(21)10-8-19-13(20)6-7-17-16(19)24-9-10/h2-7,10H,8-9H2,1H3,(H,18,21). The van der Waals surface area contributed by atoms with Crippen molar-refractivity contribution in [2.75, 3.05) is 18.2 Å². The number of para-hydroxylation sites is 1. The molecule has 1 aromatic carbocycles. The van der Waals surface area contributed by atoms with Crippen molar-refractivity contribution in [3.05, 3.63) is 52.4 Å². The minimum atomic E-state index is -0.519. The lowest BCUT2D eigenvalue weighted by atomic mass is 10.1. The van der Waals surface area contributed by atoms with Crippen molar-refractivity contribution in [2.24, 2.45) is 5.92 Å². The van der Waals surface area contributed by atoms with Crippen LogP contribution in [0, 0.1) is 5.92 Å². The second-order valence-corrected chi connectivity index (χ2v) is 6.20. The predicted molar refractivity (Wildman–Crippen MR) is 89.1 cm³/mol. The number of esters is 1. The summed E-state index contributed by atoms with van der Waals surface area (Å²) < 4.78 is 6.21. The van der Waals surface area contributed by atoms with Crippen LogP contribution in [0.15, 0.2) is 46.5 Å². The van der Waals surface area contributed by atoms with E-state index in [-0.39, 0.29) is 23.6 Å². The first-order valence-corrected chi connectivity index (χ1v) is 8.25. The van der Waals surface area contributed by atoms with Gasteiger partial charge in [0.1, 0.15) is 0 Å². The van der Waals surface area contributed by atoms with E-state index in [2.05, 4.69) is 10.3 Å². The van der Waals surface area contributed by atoms with Crippen molar-refractivity contribution in [1.29, 1.82) is 0 Å². The van der Waals surface area contributed by atoms with Crippen LogP contribution in [0.25, 0.3) is 0 Å². The van der Waals surface area contributed by atoms with E-state index in [1.54, 1.807) is 24.3 Å². The molecular weight excluding hydrogens is 330 g/mol. The third-order valence-corrected chi connectivity index (χ3v) is 4.83. The van der Waals surface area contributed by atoms with Gasteiger partial charge in [-0.25, -0.2) is 9.78 Å². The fraction of sp³-hybridized carbons (Fsp3) is 0.250. The number of amides is 1. The summed E-state index contributed by atoms with van der Waals surface area (Å²) in [4.78, 5) is 40.3. The molecule has 0 bridgehead atoms. The summed E-state index contributed by atoms with van der Waals surface area (Å²) in [5, 5.41) is 3.37. The highest BCUT2D eigenvalue weighted by molar-refractivity contribution is 7.99. The first-order chi connectivity index (χ1) is 11.6. The van der Waals surface area contributed by atoms with Gasteiger partial charge in [-0.1, -0.05) is 23.9 Å². The van der Waals surface area contributed by atoms with E-state index in [4.69, 9.17) is 4.74 Å². The molecule has 3 rings (SSSR count). The van der Waals surface area contributed by atoms with Gasteiger partial charge < -0.3 is 10.1 Å². The topological polar surface area (TPSA) is 90.3 Å². The molecule has 124 valence electrons. The summed E-state index contributed by atoms with van der Waals surface area (Å²) in [6.45, 7) is 0.265. The van der Waals surface area contributed by atoms with E-state index >= 15 is 0 Å². The summed E-state index contributed by atoms with van der Waals surface area (Å²) in [5.74, 6) is -0.645. The van der Waals surface area contributed by atoms with Gasteiger partial charge in [-0.2, -0.15) is 0 Å². The molecule has 2 heterocycles. The minimum Gasteiger partial charge on any atom is -0.465 e. The highest BCUT2D eigenvalue weighted by Crippen LogP contribution is 2.26. The highest BCUT2D eigenvalue weighted by Gasteiger charge is 2.27. The number of nitrogens with one attached hydrogen (secondary N) is 1. The zero-order valence-electron chi connectivity index (χ0n) is 12.9. The first kappa shape index (κ1) is 16.3. The Labute approximate surface area is 142 Å². The molecule has 1 unspecified atom stereocenters. The van der Waals surface area contributed by atoms with Gasteiger partial charge in [0, 0.05) is 24.6 Å². The van der Waals surface area contributed by atoms with Crippen molar-refractivity contribution in [2.45, 2.75) is 11.7 Å². The van der Waals surface area contributed by atoms with E-state index in [0.29, 0.717) is 16.6 Å². The van der Waals surface area contributed by atoms with Crippen LogP contribution in [0.1, 0.15) is 10.4 Å². The summed E-state index contributed by atoms with van der Waals surface area (Å²) in [6.07, 6.45) is 1.47. The second kappa shape index (κ2) is 6.88. The maximum absolute atomic E-state index is 12.5. The zero-order chi connectivity index (χ0) is 17.1. The van der Waals surface area contributed by atoms with E-state index in [1.165, 1.54) is 35.7 Å². The number of benzene rings is 1. The summed E-state index contributed by atoms with van der Waals surface area (Å²) in [6, 6.07) is 8.01. The summed E-state index contributed by atoms with van der Waals surface area (Å²) in [7, 11) is 1.29. The molecule has 8 heteroatoms. The Morgan fingerprint density at radius 3 is 2.92 bits per heavy atom. The zero-order valence-corrected chi connectivity index (χ0v) is 13.7. The molecule has 1 aromatic heterocycles. The van der Waals surface area contributed by atoms with Gasteiger partial charge in [0.2, 0.25) is 5.91 Å². The van der Waals surface area contributed by atoms with E-state index < -0.39 is 11.9 Å². The number of anilines is 1. The smallest absolute Gasteiger partial charge is 0.339 e. The molecule has 24 heavy (non-hydrogen) atoms. The fourth-order valence-electron chi connectivity index (χ4n) is 2.42. The Morgan fingerprint density at radius 1 is 1.33 bits per heavy atom. The molecule has 1 amide bonds. The molecular formula is C16H15N3O4S. The molecule has 0 aliphatic carbocycles. The maximum atomic E-state index is 12.5. The third kappa shape index (κ3) is 3.18. The summed E-state index contributed by atoms with van der Waals surface area (Å²) >= 11 is 1.36. The van der Waals surface area contributed by atoms with Gasteiger partial charge in [0.15, 0.2) is 5.16 Å². The Morgan fingerprint density at radius 2 is 2.12 bits per heavy atom. The molecule has 1 atom stereocenters. The average Bonchev–Trinajstić information content (AvgIpc) is 2.61. The molecule has 0 spiro atoms. The van der Waals surface area contributed by atoms with E-state index in [1.807, 2.05) is 0 Å². The first-order valence-electron chi connectivity index (χ1n) is 7.27. The molecule has 1 aliphatic rings. The van der Waals surface area contributed by atoms with Crippen LogP contribution in [0.3, 0.4) is 0 Å². The number of rotatable bonds is 3. The molecule has 7 nitrogen and oxygen atoms in total. The van der Waals surface area contributed by atoms with Crippen LogP contribution < -0.4 is 10.9 Å². The number of hydrogen-bond acceptors (Lipinski definition) is 6. The molecule has 0 fully saturated rings. The molecule has 2 aromatic rings. The lowest BCUT2D eigenvalue weighted by molar-refractivity contribution is -0.119. The largest absolute Gasteiger partial charge is 0.465 e. The molecule has 1 aliphatic heterocycles. The van der Waals surface area contributed by atoms with Crippen molar-refractivity contribution >= 4 is 29.3 Å². The molecule has 0 saturated heterocycles. The van der Waals surface area contributed by atoms with Gasteiger partial charge in [-0.15, -0.1) is 0 Å². The average molecular weight is 345 g/mol. The predicted octanol–water partition coefficient (Wildman–Crippen LogP) is 1.39. The Kier molecular flexibility index (Phi) is 4.66. The van der Waals surface area contributed by atoms with E-state index in [9.17, 15) is 14.4 Å². The number of ether oxygens (including phenoxy) is 1. The number of thioether (sulfide) groups is 1. The maximum Gasteiger partial charge on any atom is 0.339 e. The fourth-order valence-corrected chi connectivity index (χ4v) is 3.49.